The molecule has 1 N–H and O–H groups in total. The number of fused-ring (bicyclic) bond motifs is 1. The Morgan fingerprint density at radius 3 is 2.88 bits per heavy atom. The van der Waals surface area contributed by atoms with E-state index in [1.54, 1.807) is 0 Å². The summed E-state index contributed by atoms with van der Waals surface area (Å²) in [6.45, 7) is -0.916. The van der Waals surface area contributed by atoms with Crippen molar-refractivity contribution in [2.75, 3.05) is 6.61 Å². The molecule has 3 aromatic rings. The SMILES string of the molecule is O=C(O)c1cn2nc(OCc3ncc(Cl)cc3OCC(F)F)ccc2n1. The summed E-state index contributed by atoms with van der Waals surface area (Å²) in [5.41, 5.74) is 0.436. The third-order valence-corrected chi connectivity index (χ3v) is 3.34. The number of alkyl halides is 2. The molecule has 11 heteroatoms. The molecule has 0 saturated carbocycles. The molecule has 3 aromatic heterocycles. The number of hydrogen-bond acceptors (Lipinski definition) is 6. The number of ether oxygens (including phenoxy) is 2. The lowest BCUT2D eigenvalue weighted by Crippen LogP contribution is -2.10. The number of nitrogens with zero attached hydrogens (tertiary/aromatic N) is 4. The van der Waals surface area contributed by atoms with Gasteiger partial charge in [-0.15, -0.1) is 5.10 Å². The summed E-state index contributed by atoms with van der Waals surface area (Å²) < 4.78 is 36.4. The molecule has 0 saturated heterocycles. The molecule has 0 aliphatic carbocycles. The number of carboxylic acids is 1. The first-order chi connectivity index (χ1) is 12.4. The van der Waals surface area contributed by atoms with Crippen LogP contribution in [0.5, 0.6) is 11.6 Å². The molecule has 0 spiro atoms. The van der Waals surface area contributed by atoms with E-state index in [4.69, 9.17) is 26.2 Å². The van der Waals surface area contributed by atoms with Gasteiger partial charge in [0.1, 0.15) is 24.7 Å². The van der Waals surface area contributed by atoms with Gasteiger partial charge in [0.25, 0.3) is 6.43 Å². The smallest absolute Gasteiger partial charge is 0.356 e. The molecular weight excluding hydrogens is 374 g/mol. The molecular formula is C15H11ClF2N4O4. The van der Waals surface area contributed by atoms with E-state index in [0.29, 0.717) is 5.65 Å². The maximum Gasteiger partial charge on any atom is 0.356 e. The summed E-state index contributed by atoms with van der Waals surface area (Å²) in [5.74, 6) is -0.942. The second-order valence-electron chi connectivity index (χ2n) is 4.99. The number of aromatic nitrogens is 4. The molecule has 0 aliphatic heterocycles. The Hall–Kier alpha value is -3.01. The van der Waals surface area contributed by atoms with Crippen LogP contribution in [-0.2, 0) is 6.61 Å². The second kappa shape index (κ2) is 7.48. The van der Waals surface area contributed by atoms with Crippen LogP contribution in [0.15, 0.2) is 30.6 Å². The minimum absolute atomic E-state index is 0.0784. The molecule has 0 aromatic carbocycles. The van der Waals surface area contributed by atoms with Crippen LogP contribution < -0.4 is 9.47 Å². The van der Waals surface area contributed by atoms with E-state index in [0.717, 1.165) is 0 Å². The monoisotopic (exact) mass is 384 g/mol. The molecule has 0 aliphatic rings. The first-order valence-electron chi connectivity index (χ1n) is 7.20. The highest BCUT2D eigenvalue weighted by Crippen LogP contribution is 2.23. The van der Waals surface area contributed by atoms with Gasteiger partial charge in [-0.2, -0.15) is 0 Å². The first-order valence-corrected chi connectivity index (χ1v) is 7.58. The molecule has 0 unspecified atom stereocenters. The molecule has 0 atom stereocenters. The standard InChI is InChI=1S/C15H11ClF2N4O4/c16-8-3-11(25-7-12(17)18)10(19-4-8)6-26-14-2-1-13-20-9(15(23)24)5-22(13)21-14/h1-5,12H,6-7H2,(H,23,24). The number of hydrogen-bond donors (Lipinski definition) is 1. The van der Waals surface area contributed by atoms with Gasteiger partial charge < -0.3 is 14.6 Å². The van der Waals surface area contributed by atoms with Crippen molar-refractivity contribution in [3.63, 3.8) is 0 Å². The lowest BCUT2D eigenvalue weighted by atomic mass is 10.3. The van der Waals surface area contributed by atoms with E-state index in [9.17, 15) is 13.6 Å². The van der Waals surface area contributed by atoms with Gasteiger partial charge in [-0.05, 0) is 6.07 Å². The predicted octanol–water partition coefficient (Wildman–Crippen LogP) is 2.70. The molecule has 0 bridgehead atoms. The van der Waals surface area contributed by atoms with Gasteiger partial charge in [-0.25, -0.2) is 23.1 Å². The van der Waals surface area contributed by atoms with Gasteiger partial charge in [-0.3, -0.25) is 4.98 Å². The van der Waals surface area contributed by atoms with E-state index in [1.807, 2.05) is 0 Å². The zero-order valence-electron chi connectivity index (χ0n) is 13.0. The summed E-state index contributed by atoms with van der Waals surface area (Å²) in [7, 11) is 0. The highest BCUT2D eigenvalue weighted by Gasteiger charge is 2.13. The lowest BCUT2D eigenvalue weighted by molar-refractivity contribution is 0.0691. The van der Waals surface area contributed by atoms with E-state index in [2.05, 4.69) is 15.1 Å². The van der Waals surface area contributed by atoms with Crippen LogP contribution in [0.4, 0.5) is 8.78 Å². The summed E-state index contributed by atoms with van der Waals surface area (Å²) >= 11 is 5.80. The van der Waals surface area contributed by atoms with Crippen molar-refractivity contribution < 1.29 is 28.2 Å². The highest BCUT2D eigenvalue weighted by atomic mass is 35.5. The van der Waals surface area contributed by atoms with Gasteiger partial charge in [-0.1, -0.05) is 11.6 Å². The van der Waals surface area contributed by atoms with Crippen LogP contribution >= 0.6 is 11.6 Å². The van der Waals surface area contributed by atoms with Crippen molar-refractivity contribution in [3.8, 4) is 11.6 Å². The maximum absolute atomic E-state index is 12.3. The Kier molecular flexibility index (Phi) is 5.12. The van der Waals surface area contributed by atoms with E-state index < -0.39 is 19.0 Å². The average Bonchev–Trinajstić information content (AvgIpc) is 3.02. The van der Waals surface area contributed by atoms with Crippen molar-refractivity contribution in [2.45, 2.75) is 13.0 Å². The summed E-state index contributed by atoms with van der Waals surface area (Å²) in [5, 5.41) is 13.2. The molecule has 3 heterocycles. The van der Waals surface area contributed by atoms with Crippen molar-refractivity contribution in [1.29, 1.82) is 0 Å². The predicted molar refractivity (Wildman–Crippen MR) is 85.0 cm³/mol. The molecule has 8 nitrogen and oxygen atoms in total. The Morgan fingerprint density at radius 2 is 2.15 bits per heavy atom. The second-order valence-corrected chi connectivity index (χ2v) is 5.43. The number of imidazole rings is 1. The topological polar surface area (TPSA) is 98.8 Å². The molecule has 0 amide bonds. The number of pyridine rings is 1. The fourth-order valence-corrected chi connectivity index (χ4v) is 2.17. The number of aromatic carboxylic acids is 1. The number of halogens is 3. The van der Waals surface area contributed by atoms with Crippen LogP contribution in [0, 0.1) is 0 Å². The summed E-state index contributed by atoms with van der Waals surface area (Å²) in [6.07, 6.45) is -0.0694. The third kappa shape index (κ3) is 4.14. The Morgan fingerprint density at radius 1 is 1.35 bits per heavy atom. The van der Waals surface area contributed by atoms with Gasteiger partial charge >= 0.3 is 5.97 Å². The van der Waals surface area contributed by atoms with Crippen LogP contribution in [0.2, 0.25) is 5.02 Å². The summed E-state index contributed by atoms with van der Waals surface area (Å²) in [4.78, 5) is 18.8. The minimum Gasteiger partial charge on any atom is -0.486 e. The molecule has 26 heavy (non-hydrogen) atoms. The zero-order chi connectivity index (χ0) is 18.7. The Balaban J connectivity index is 1.76. The lowest BCUT2D eigenvalue weighted by Gasteiger charge is -2.11. The van der Waals surface area contributed by atoms with Crippen molar-refractivity contribution in [1.82, 2.24) is 19.6 Å². The quantitative estimate of drug-likeness (QED) is 0.668. The summed E-state index contributed by atoms with van der Waals surface area (Å²) in [6, 6.07) is 4.38. The van der Waals surface area contributed by atoms with E-state index in [1.165, 1.54) is 35.1 Å². The fourth-order valence-electron chi connectivity index (χ4n) is 2.02. The maximum atomic E-state index is 12.3. The Labute approximate surface area is 150 Å². The minimum atomic E-state index is -2.64. The number of rotatable bonds is 7. The van der Waals surface area contributed by atoms with Gasteiger partial charge in [0.2, 0.25) is 5.88 Å². The van der Waals surface area contributed by atoms with Crippen molar-refractivity contribution in [2.24, 2.45) is 0 Å². The van der Waals surface area contributed by atoms with E-state index >= 15 is 0 Å². The van der Waals surface area contributed by atoms with E-state index in [-0.39, 0.29) is 34.6 Å². The van der Waals surface area contributed by atoms with Crippen molar-refractivity contribution >= 4 is 23.2 Å². The van der Waals surface area contributed by atoms with Gasteiger partial charge in [0.15, 0.2) is 11.3 Å². The fraction of sp³-hybridized carbons (Fsp3) is 0.200. The largest absolute Gasteiger partial charge is 0.486 e. The van der Waals surface area contributed by atoms with Crippen LogP contribution in [0.25, 0.3) is 5.65 Å². The van der Waals surface area contributed by atoms with Gasteiger partial charge in [0.05, 0.1) is 11.2 Å². The number of carbonyl (C=O) groups is 1. The van der Waals surface area contributed by atoms with Gasteiger partial charge in [0, 0.05) is 18.3 Å². The van der Waals surface area contributed by atoms with Crippen LogP contribution in [0.3, 0.4) is 0 Å². The molecule has 3 rings (SSSR count). The molecule has 0 fully saturated rings. The average molecular weight is 385 g/mol. The number of carboxylic acid groups (broad SMARTS) is 1. The highest BCUT2D eigenvalue weighted by molar-refractivity contribution is 6.30. The van der Waals surface area contributed by atoms with Crippen LogP contribution in [0.1, 0.15) is 16.2 Å². The van der Waals surface area contributed by atoms with Crippen LogP contribution in [-0.4, -0.2) is 43.7 Å². The molecule has 136 valence electrons. The normalized spacial score (nSPS) is 11.1. The first kappa shape index (κ1) is 17.8. The Bertz CT molecular complexity index is 951. The zero-order valence-corrected chi connectivity index (χ0v) is 13.7. The third-order valence-electron chi connectivity index (χ3n) is 3.13. The molecule has 0 radical (unpaired) electrons. The van der Waals surface area contributed by atoms with Crippen molar-refractivity contribution in [3.05, 3.63) is 47.0 Å².